The standard InChI is InChI=1S/C28H22F2N2O4S/c1-17-14-32-28(35-2)27-26(17)22(15-31-27)21-12-18(16-37(33,34)20-6-4-3-5-7-20)8-10-24(21)36-25-11-9-19(29)13-23(25)30/h3-15,31H,16H2,1-2H3. The van der Waals surface area contributed by atoms with Crippen molar-refractivity contribution in [3.63, 3.8) is 0 Å². The van der Waals surface area contributed by atoms with Crippen LogP contribution in [0.5, 0.6) is 17.4 Å². The molecule has 0 amide bonds. The Morgan fingerprint density at radius 3 is 2.43 bits per heavy atom. The largest absolute Gasteiger partial charge is 0.479 e. The van der Waals surface area contributed by atoms with Gasteiger partial charge in [0, 0.05) is 35.0 Å². The number of halogens is 2. The Kier molecular flexibility index (Phi) is 6.39. The van der Waals surface area contributed by atoms with Gasteiger partial charge in [-0.05, 0) is 54.4 Å². The maximum atomic E-state index is 14.4. The molecule has 0 spiro atoms. The lowest BCUT2D eigenvalue weighted by Crippen LogP contribution is -2.05. The molecule has 1 N–H and O–H groups in total. The van der Waals surface area contributed by atoms with Gasteiger partial charge in [-0.25, -0.2) is 22.2 Å². The lowest BCUT2D eigenvalue weighted by Gasteiger charge is -2.14. The minimum absolute atomic E-state index is 0.164. The van der Waals surface area contributed by atoms with Crippen molar-refractivity contribution in [3.8, 4) is 28.5 Å². The molecule has 5 aromatic rings. The van der Waals surface area contributed by atoms with Crippen molar-refractivity contribution in [2.45, 2.75) is 17.6 Å². The first kappa shape index (κ1) is 24.5. The maximum absolute atomic E-state index is 14.4. The van der Waals surface area contributed by atoms with Crippen LogP contribution >= 0.6 is 0 Å². The highest BCUT2D eigenvalue weighted by atomic mass is 32.2. The number of sulfone groups is 1. The van der Waals surface area contributed by atoms with Gasteiger partial charge in [-0.15, -0.1) is 0 Å². The van der Waals surface area contributed by atoms with Gasteiger partial charge in [0.15, 0.2) is 21.4 Å². The van der Waals surface area contributed by atoms with Crippen molar-refractivity contribution in [1.29, 1.82) is 0 Å². The summed E-state index contributed by atoms with van der Waals surface area (Å²) >= 11 is 0. The molecule has 6 nitrogen and oxygen atoms in total. The predicted molar refractivity (Wildman–Crippen MR) is 137 cm³/mol. The second-order valence-electron chi connectivity index (χ2n) is 8.48. The van der Waals surface area contributed by atoms with Gasteiger partial charge >= 0.3 is 0 Å². The number of nitrogens with one attached hydrogen (secondary N) is 1. The van der Waals surface area contributed by atoms with Gasteiger partial charge in [0.1, 0.15) is 17.1 Å². The van der Waals surface area contributed by atoms with Crippen LogP contribution in [0.4, 0.5) is 8.78 Å². The van der Waals surface area contributed by atoms with Crippen LogP contribution in [0.15, 0.2) is 84.0 Å². The summed E-state index contributed by atoms with van der Waals surface area (Å²) in [6, 6.07) is 16.1. The minimum Gasteiger partial charge on any atom is -0.479 e. The number of aromatic amines is 1. The van der Waals surface area contributed by atoms with Gasteiger partial charge < -0.3 is 14.5 Å². The molecule has 188 valence electrons. The Morgan fingerprint density at radius 2 is 1.70 bits per heavy atom. The van der Waals surface area contributed by atoms with Crippen molar-refractivity contribution in [2.75, 3.05) is 7.11 Å². The average Bonchev–Trinajstić information content (AvgIpc) is 3.33. The molecule has 0 atom stereocenters. The highest BCUT2D eigenvalue weighted by Crippen LogP contribution is 2.41. The van der Waals surface area contributed by atoms with Crippen LogP contribution in [0.2, 0.25) is 0 Å². The van der Waals surface area contributed by atoms with E-state index in [1.807, 2.05) is 6.92 Å². The summed E-state index contributed by atoms with van der Waals surface area (Å²) in [5.74, 6) is -1.34. The van der Waals surface area contributed by atoms with E-state index in [9.17, 15) is 17.2 Å². The van der Waals surface area contributed by atoms with Crippen LogP contribution in [0.1, 0.15) is 11.1 Å². The van der Waals surface area contributed by atoms with Crippen molar-refractivity contribution in [3.05, 3.63) is 102 Å². The first-order chi connectivity index (χ1) is 17.8. The lowest BCUT2D eigenvalue weighted by molar-refractivity contribution is 0.402. The smallest absolute Gasteiger partial charge is 0.238 e. The number of benzene rings is 3. The van der Waals surface area contributed by atoms with Crippen molar-refractivity contribution >= 4 is 20.7 Å². The molecular formula is C28H22F2N2O4S. The molecule has 0 bridgehead atoms. The molecule has 0 aliphatic rings. The van der Waals surface area contributed by atoms with E-state index in [2.05, 4.69) is 9.97 Å². The molecular weight excluding hydrogens is 498 g/mol. The molecule has 2 heterocycles. The fourth-order valence-electron chi connectivity index (χ4n) is 4.23. The van der Waals surface area contributed by atoms with Crippen molar-refractivity contribution in [1.82, 2.24) is 9.97 Å². The summed E-state index contributed by atoms with van der Waals surface area (Å²) in [6.07, 6.45) is 3.41. The van der Waals surface area contributed by atoms with Gasteiger partial charge in [-0.1, -0.05) is 24.3 Å². The molecule has 3 aromatic carbocycles. The summed E-state index contributed by atoms with van der Waals surface area (Å²) < 4.78 is 65.3. The quantitative estimate of drug-likeness (QED) is 0.262. The zero-order chi connectivity index (χ0) is 26.2. The third-order valence-corrected chi connectivity index (χ3v) is 7.67. The Bertz CT molecular complexity index is 1720. The molecule has 5 rings (SSSR count). The van der Waals surface area contributed by atoms with Crippen LogP contribution in [0.25, 0.3) is 22.0 Å². The molecule has 2 aromatic heterocycles. The third-order valence-electron chi connectivity index (χ3n) is 5.96. The Balaban J connectivity index is 1.66. The van der Waals surface area contributed by atoms with Gasteiger partial charge in [-0.2, -0.15) is 0 Å². The molecule has 0 fully saturated rings. The first-order valence-electron chi connectivity index (χ1n) is 11.3. The number of aryl methyl sites for hydroxylation is 1. The molecule has 0 saturated heterocycles. The lowest BCUT2D eigenvalue weighted by atomic mass is 10.00. The molecule has 37 heavy (non-hydrogen) atoms. The van der Waals surface area contributed by atoms with Crippen LogP contribution in [0.3, 0.4) is 0 Å². The highest BCUT2D eigenvalue weighted by Gasteiger charge is 2.21. The second-order valence-corrected chi connectivity index (χ2v) is 10.5. The predicted octanol–water partition coefficient (Wildman–Crippen LogP) is 6.59. The number of methoxy groups -OCH3 is 1. The number of aromatic nitrogens is 2. The van der Waals surface area contributed by atoms with E-state index >= 15 is 0 Å². The molecule has 9 heteroatoms. The minimum atomic E-state index is -3.62. The number of ether oxygens (including phenoxy) is 2. The molecule has 0 aliphatic carbocycles. The number of fused-ring (bicyclic) bond motifs is 1. The SMILES string of the molecule is COc1ncc(C)c2c(-c3cc(CS(=O)(=O)c4ccccc4)ccc3Oc3ccc(F)cc3F)c[nH]c12. The average molecular weight is 521 g/mol. The maximum Gasteiger partial charge on any atom is 0.238 e. The normalized spacial score (nSPS) is 11.6. The van der Waals surface area contributed by atoms with Crippen LogP contribution in [-0.4, -0.2) is 25.5 Å². The Labute approximate surface area is 212 Å². The number of pyridine rings is 1. The molecule has 0 saturated carbocycles. The number of H-pyrrole nitrogens is 1. The van der Waals surface area contributed by atoms with E-state index in [1.54, 1.807) is 60.9 Å². The van der Waals surface area contributed by atoms with E-state index < -0.39 is 21.5 Å². The monoisotopic (exact) mass is 520 g/mol. The number of hydrogen-bond acceptors (Lipinski definition) is 5. The highest BCUT2D eigenvalue weighted by molar-refractivity contribution is 7.90. The summed E-state index contributed by atoms with van der Waals surface area (Å²) in [5, 5.41) is 0.791. The third kappa shape index (κ3) is 4.77. The van der Waals surface area contributed by atoms with Crippen LogP contribution in [0, 0.1) is 18.6 Å². The first-order valence-corrected chi connectivity index (χ1v) is 13.0. The Morgan fingerprint density at radius 1 is 0.946 bits per heavy atom. The number of nitrogens with zero attached hydrogens (tertiary/aromatic N) is 1. The van der Waals surface area contributed by atoms with Crippen LogP contribution < -0.4 is 9.47 Å². The number of hydrogen-bond donors (Lipinski definition) is 1. The zero-order valence-electron chi connectivity index (χ0n) is 20.0. The zero-order valence-corrected chi connectivity index (χ0v) is 20.8. The molecule has 0 radical (unpaired) electrons. The van der Waals surface area contributed by atoms with Gasteiger partial charge in [-0.3, -0.25) is 0 Å². The fraction of sp³-hybridized carbons (Fsp3) is 0.107. The van der Waals surface area contributed by atoms with Gasteiger partial charge in [0.2, 0.25) is 5.88 Å². The topological polar surface area (TPSA) is 81.3 Å². The second kappa shape index (κ2) is 9.67. The van der Waals surface area contributed by atoms with E-state index in [4.69, 9.17) is 9.47 Å². The summed E-state index contributed by atoms with van der Waals surface area (Å²) in [6.45, 7) is 1.88. The van der Waals surface area contributed by atoms with E-state index in [1.165, 1.54) is 13.2 Å². The number of rotatable bonds is 7. The van der Waals surface area contributed by atoms with E-state index in [-0.39, 0.29) is 22.1 Å². The van der Waals surface area contributed by atoms with Crippen molar-refractivity contribution in [2.24, 2.45) is 0 Å². The molecule has 0 aliphatic heterocycles. The van der Waals surface area contributed by atoms with E-state index in [0.717, 1.165) is 23.1 Å². The van der Waals surface area contributed by atoms with Gasteiger partial charge in [0.25, 0.3) is 0 Å². The fourth-order valence-corrected chi connectivity index (χ4v) is 5.58. The van der Waals surface area contributed by atoms with Gasteiger partial charge in [0.05, 0.1) is 17.8 Å². The van der Waals surface area contributed by atoms with E-state index in [0.29, 0.717) is 28.1 Å². The summed E-state index contributed by atoms with van der Waals surface area (Å²) in [7, 11) is -2.11. The molecule has 0 unspecified atom stereocenters. The Hall–Kier alpha value is -4.24. The summed E-state index contributed by atoms with van der Waals surface area (Å²) in [5.41, 5.74) is 3.21. The summed E-state index contributed by atoms with van der Waals surface area (Å²) in [4.78, 5) is 7.67. The van der Waals surface area contributed by atoms with Crippen LogP contribution in [-0.2, 0) is 15.6 Å². The van der Waals surface area contributed by atoms with Crippen molar-refractivity contribution < 1.29 is 26.7 Å².